The summed E-state index contributed by atoms with van der Waals surface area (Å²) in [4.78, 5) is 4.29. The number of fused-ring (bicyclic) bond motifs is 1. The van der Waals surface area contributed by atoms with Crippen LogP contribution in [0.3, 0.4) is 0 Å². The maximum Gasteiger partial charge on any atom is 0.228 e. The van der Waals surface area contributed by atoms with Crippen molar-refractivity contribution in [1.82, 2.24) is 19.3 Å². The molecule has 0 spiro atoms. The van der Waals surface area contributed by atoms with Gasteiger partial charge in [-0.05, 0) is 43.9 Å². The van der Waals surface area contributed by atoms with Gasteiger partial charge in [0.1, 0.15) is 0 Å². The smallest absolute Gasteiger partial charge is 0.228 e. The molecule has 24 heavy (non-hydrogen) atoms. The normalized spacial score (nSPS) is 12.1. The molecular formula is C17H22N4O2S. The molecule has 0 aliphatic heterocycles. The van der Waals surface area contributed by atoms with Crippen molar-refractivity contribution in [2.24, 2.45) is 0 Å². The summed E-state index contributed by atoms with van der Waals surface area (Å²) in [5.74, 6) is 0. The third-order valence-corrected chi connectivity index (χ3v) is 4.96. The Balaban J connectivity index is 1.66. The molecule has 128 valence electrons. The predicted octanol–water partition coefficient (Wildman–Crippen LogP) is 2.82. The topological polar surface area (TPSA) is 69.8 Å². The van der Waals surface area contributed by atoms with Crippen LogP contribution in [0, 0.1) is 6.92 Å². The van der Waals surface area contributed by atoms with Crippen molar-refractivity contribution in [2.75, 3.05) is 6.26 Å². The maximum absolute atomic E-state index is 12.0. The Kier molecular flexibility index (Phi) is 4.71. The van der Waals surface area contributed by atoms with Crippen LogP contribution in [-0.4, -0.2) is 34.0 Å². The van der Waals surface area contributed by atoms with Crippen LogP contribution in [0.4, 0.5) is 0 Å². The largest absolute Gasteiger partial charge is 0.315 e. The fourth-order valence-corrected chi connectivity index (χ4v) is 3.72. The summed E-state index contributed by atoms with van der Waals surface area (Å²) < 4.78 is 27.8. The van der Waals surface area contributed by atoms with E-state index < -0.39 is 9.84 Å². The molecule has 0 unspecified atom stereocenters. The van der Waals surface area contributed by atoms with E-state index in [-0.39, 0.29) is 5.16 Å². The van der Waals surface area contributed by atoms with E-state index in [9.17, 15) is 8.42 Å². The van der Waals surface area contributed by atoms with Crippen LogP contribution in [0.15, 0.2) is 41.8 Å². The first-order chi connectivity index (χ1) is 11.4. The Morgan fingerprint density at radius 1 is 1.08 bits per heavy atom. The first-order valence-electron chi connectivity index (χ1n) is 8.09. The fraction of sp³-hybridized carbons (Fsp3) is 0.412. The Hall–Kier alpha value is -2.15. The van der Waals surface area contributed by atoms with Gasteiger partial charge in [-0.25, -0.2) is 13.4 Å². The van der Waals surface area contributed by atoms with Gasteiger partial charge < -0.3 is 4.57 Å². The highest BCUT2D eigenvalue weighted by Crippen LogP contribution is 2.20. The standard InChI is InChI=1S/C17H22N4O2S/c1-14-12-18-20(13-14)10-6-3-7-11-21-16-9-5-4-8-15(16)19-17(21)24(2,22)23/h4-5,8-9,12-13H,3,6-7,10-11H2,1-2H3. The number of sulfone groups is 1. The second kappa shape index (κ2) is 6.76. The second-order valence-corrected chi connectivity index (χ2v) is 8.06. The van der Waals surface area contributed by atoms with Gasteiger partial charge in [0.15, 0.2) is 0 Å². The van der Waals surface area contributed by atoms with Gasteiger partial charge in [-0.3, -0.25) is 4.68 Å². The number of hydrogen-bond donors (Lipinski definition) is 0. The number of benzene rings is 1. The predicted molar refractivity (Wildman–Crippen MR) is 93.7 cm³/mol. The molecule has 0 bridgehead atoms. The number of aryl methyl sites for hydroxylation is 3. The molecular weight excluding hydrogens is 324 g/mol. The van der Waals surface area contributed by atoms with E-state index in [4.69, 9.17) is 0 Å². The molecule has 0 saturated heterocycles. The van der Waals surface area contributed by atoms with E-state index in [2.05, 4.69) is 10.1 Å². The van der Waals surface area contributed by atoms with Gasteiger partial charge in [0.05, 0.1) is 17.2 Å². The first-order valence-corrected chi connectivity index (χ1v) is 9.99. The summed E-state index contributed by atoms with van der Waals surface area (Å²) in [5, 5.41) is 4.43. The Morgan fingerprint density at radius 3 is 2.54 bits per heavy atom. The molecule has 0 N–H and O–H groups in total. The minimum Gasteiger partial charge on any atom is -0.315 e. The first kappa shape index (κ1) is 16.7. The molecule has 0 radical (unpaired) electrons. The SMILES string of the molecule is Cc1cnn(CCCCCn2c(S(C)(=O)=O)nc3ccccc32)c1. The third kappa shape index (κ3) is 3.67. The van der Waals surface area contributed by atoms with E-state index in [1.165, 1.54) is 6.26 Å². The molecule has 2 heterocycles. The Bertz CT molecular complexity index is 941. The average Bonchev–Trinajstić information content (AvgIpc) is 3.10. The fourth-order valence-electron chi connectivity index (χ4n) is 2.86. The van der Waals surface area contributed by atoms with Crippen molar-refractivity contribution in [1.29, 1.82) is 0 Å². The number of unbranched alkanes of at least 4 members (excludes halogenated alkanes) is 2. The lowest BCUT2D eigenvalue weighted by atomic mass is 10.2. The zero-order chi connectivity index (χ0) is 17.2. The van der Waals surface area contributed by atoms with Gasteiger partial charge in [0.2, 0.25) is 15.0 Å². The van der Waals surface area contributed by atoms with Gasteiger partial charge in [-0.1, -0.05) is 12.1 Å². The van der Waals surface area contributed by atoms with E-state index in [1.807, 2.05) is 52.8 Å². The number of imidazole rings is 1. The highest BCUT2D eigenvalue weighted by atomic mass is 32.2. The molecule has 3 aromatic rings. The summed E-state index contributed by atoms with van der Waals surface area (Å²) in [6, 6.07) is 7.55. The molecule has 1 aromatic carbocycles. The van der Waals surface area contributed by atoms with Gasteiger partial charge in [0, 0.05) is 25.5 Å². The molecule has 0 atom stereocenters. The minimum absolute atomic E-state index is 0.159. The summed E-state index contributed by atoms with van der Waals surface area (Å²) in [6.07, 6.45) is 8.03. The molecule has 3 rings (SSSR count). The van der Waals surface area contributed by atoms with Crippen molar-refractivity contribution < 1.29 is 8.42 Å². The lowest BCUT2D eigenvalue weighted by molar-refractivity contribution is 0.506. The molecule has 0 aliphatic carbocycles. The molecule has 0 fully saturated rings. The molecule has 7 heteroatoms. The number of hydrogen-bond acceptors (Lipinski definition) is 4. The lowest BCUT2D eigenvalue weighted by Crippen LogP contribution is -2.10. The molecule has 2 aromatic heterocycles. The second-order valence-electron chi connectivity index (χ2n) is 6.15. The Morgan fingerprint density at radius 2 is 1.83 bits per heavy atom. The van der Waals surface area contributed by atoms with Crippen LogP contribution in [-0.2, 0) is 22.9 Å². The van der Waals surface area contributed by atoms with Crippen LogP contribution in [0.1, 0.15) is 24.8 Å². The van der Waals surface area contributed by atoms with Crippen molar-refractivity contribution in [3.05, 3.63) is 42.2 Å². The van der Waals surface area contributed by atoms with Crippen LogP contribution < -0.4 is 0 Å². The van der Waals surface area contributed by atoms with E-state index >= 15 is 0 Å². The van der Waals surface area contributed by atoms with Crippen LogP contribution in [0.25, 0.3) is 11.0 Å². The summed E-state index contributed by atoms with van der Waals surface area (Å²) in [5.41, 5.74) is 2.77. The molecule has 0 saturated carbocycles. The number of para-hydroxylation sites is 2. The number of aromatic nitrogens is 4. The zero-order valence-electron chi connectivity index (χ0n) is 14.0. The highest BCUT2D eigenvalue weighted by Gasteiger charge is 2.18. The summed E-state index contributed by atoms with van der Waals surface area (Å²) in [6.45, 7) is 3.57. The monoisotopic (exact) mass is 346 g/mol. The zero-order valence-corrected chi connectivity index (χ0v) is 14.8. The Labute approximate surface area is 142 Å². The van der Waals surface area contributed by atoms with Crippen molar-refractivity contribution in [2.45, 2.75) is 44.4 Å². The quantitative estimate of drug-likeness (QED) is 0.617. The average molecular weight is 346 g/mol. The third-order valence-electron chi connectivity index (χ3n) is 3.98. The summed E-state index contributed by atoms with van der Waals surface area (Å²) >= 11 is 0. The van der Waals surface area contributed by atoms with Crippen LogP contribution >= 0.6 is 0 Å². The molecule has 0 amide bonds. The number of nitrogens with zero attached hydrogens (tertiary/aromatic N) is 4. The van der Waals surface area contributed by atoms with Gasteiger partial charge in [0.25, 0.3) is 0 Å². The summed E-state index contributed by atoms with van der Waals surface area (Å²) in [7, 11) is -3.34. The van der Waals surface area contributed by atoms with Crippen molar-refractivity contribution in [3.63, 3.8) is 0 Å². The van der Waals surface area contributed by atoms with Gasteiger partial charge >= 0.3 is 0 Å². The maximum atomic E-state index is 12.0. The van der Waals surface area contributed by atoms with Crippen molar-refractivity contribution >= 4 is 20.9 Å². The van der Waals surface area contributed by atoms with E-state index in [1.54, 1.807) is 0 Å². The van der Waals surface area contributed by atoms with Gasteiger partial charge in [-0.15, -0.1) is 0 Å². The number of rotatable bonds is 7. The van der Waals surface area contributed by atoms with E-state index in [0.717, 1.165) is 42.4 Å². The van der Waals surface area contributed by atoms with Crippen LogP contribution in [0.2, 0.25) is 0 Å². The minimum atomic E-state index is -3.34. The van der Waals surface area contributed by atoms with E-state index in [0.29, 0.717) is 6.54 Å². The molecule has 6 nitrogen and oxygen atoms in total. The molecule has 0 aliphatic rings. The van der Waals surface area contributed by atoms with Crippen LogP contribution in [0.5, 0.6) is 0 Å². The van der Waals surface area contributed by atoms with Gasteiger partial charge in [-0.2, -0.15) is 5.10 Å². The van der Waals surface area contributed by atoms with Crippen molar-refractivity contribution in [3.8, 4) is 0 Å². The lowest BCUT2D eigenvalue weighted by Gasteiger charge is -2.08. The highest BCUT2D eigenvalue weighted by molar-refractivity contribution is 7.90.